The van der Waals surface area contributed by atoms with Crippen LogP contribution in [-0.4, -0.2) is 31.8 Å². The highest BCUT2D eigenvalue weighted by Gasteiger charge is 2.13. The lowest BCUT2D eigenvalue weighted by Crippen LogP contribution is -2.18. The molecule has 0 rings (SSSR count). The topological polar surface area (TPSA) is 47.9 Å². The summed E-state index contributed by atoms with van der Waals surface area (Å²) in [6, 6.07) is 0. The third-order valence-corrected chi connectivity index (χ3v) is 1.70. The van der Waals surface area contributed by atoms with Gasteiger partial charge in [-0.2, -0.15) is 4.39 Å². The van der Waals surface area contributed by atoms with E-state index in [2.05, 4.69) is 4.74 Å². The summed E-state index contributed by atoms with van der Waals surface area (Å²) in [6.07, 6.45) is 1.15. The molecule has 0 radical (unpaired) electrons. The van der Waals surface area contributed by atoms with Crippen molar-refractivity contribution in [3.8, 4) is 0 Å². The number of halogens is 2. The molecule has 6 heteroatoms. The maximum Gasteiger partial charge on any atom is 0.389 e. The van der Waals surface area contributed by atoms with Gasteiger partial charge in [-0.15, -0.1) is 0 Å². The molecule has 0 aliphatic heterocycles. The Balaban J connectivity index is 3.68. The average molecular weight is 209 g/mol. The number of methoxy groups -OCH3 is 1. The van der Waals surface area contributed by atoms with E-state index in [1.54, 1.807) is 5.21 Å². The van der Waals surface area contributed by atoms with Crippen LogP contribution in [0.3, 0.4) is 0 Å². The molecule has 0 heterocycles. The molecule has 0 spiro atoms. The SMILES string of the molecule is CCC(CCOC(=O)/C(F)=N/F)OC. The van der Waals surface area contributed by atoms with Gasteiger partial charge < -0.3 is 9.47 Å². The zero-order chi connectivity index (χ0) is 11.0. The van der Waals surface area contributed by atoms with Gasteiger partial charge in [0.05, 0.1) is 12.7 Å². The first-order valence-electron chi connectivity index (χ1n) is 4.20. The molecule has 14 heavy (non-hydrogen) atoms. The van der Waals surface area contributed by atoms with Crippen LogP contribution in [0.25, 0.3) is 0 Å². The van der Waals surface area contributed by atoms with Gasteiger partial charge in [-0.25, -0.2) is 4.79 Å². The Bertz CT molecular complexity index is 205. The molecule has 0 amide bonds. The van der Waals surface area contributed by atoms with E-state index >= 15 is 0 Å². The summed E-state index contributed by atoms with van der Waals surface area (Å²) in [7, 11) is 1.53. The minimum atomic E-state index is -1.77. The standard InChI is InChI=1S/C8H13F2NO3/c1-3-6(13-2)4-5-14-8(12)7(9)11-10/h6H,3-5H2,1-2H3/b11-7-. The second-order valence-corrected chi connectivity index (χ2v) is 2.57. The molecule has 1 atom stereocenters. The van der Waals surface area contributed by atoms with E-state index in [1.165, 1.54) is 7.11 Å². The van der Waals surface area contributed by atoms with Crippen LogP contribution in [0.1, 0.15) is 19.8 Å². The van der Waals surface area contributed by atoms with Gasteiger partial charge in [-0.3, -0.25) is 0 Å². The quantitative estimate of drug-likeness (QED) is 0.493. The molecule has 0 aromatic carbocycles. The number of hydrogen-bond acceptors (Lipinski definition) is 4. The molecule has 0 bridgehead atoms. The Kier molecular flexibility index (Phi) is 6.82. The largest absolute Gasteiger partial charge is 0.459 e. The van der Waals surface area contributed by atoms with Crippen LogP contribution in [0.5, 0.6) is 0 Å². The molecular weight excluding hydrogens is 196 g/mol. The Morgan fingerprint density at radius 1 is 1.57 bits per heavy atom. The predicted molar refractivity (Wildman–Crippen MR) is 46.3 cm³/mol. The first-order chi connectivity index (χ1) is 6.65. The average Bonchev–Trinajstić information content (AvgIpc) is 2.22. The lowest BCUT2D eigenvalue weighted by Gasteiger charge is -2.11. The Hall–Kier alpha value is -1.04. The summed E-state index contributed by atoms with van der Waals surface area (Å²) < 4.78 is 32.7. The van der Waals surface area contributed by atoms with Crippen LogP contribution in [0.15, 0.2) is 5.21 Å². The minimum absolute atomic E-state index is 0.0197. The van der Waals surface area contributed by atoms with Crippen LogP contribution >= 0.6 is 0 Å². The number of rotatable bonds is 6. The zero-order valence-electron chi connectivity index (χ0n) is 8.13. The lowest BCUT2D eigenvalue weighted by atomic mass is 10.2. The van der Waals surface area contributed by atoms with E-state index in [1.807, 2.05) is 6.92 Å². The summed E-state index contributed by atoms with van der Waals surface area (Å²) in [6.45, 7) is 1.88. The van der Waals surface area contributed by atoms with Crippen molar-refractivity contribution in [1.82, 2.24) is 0 Å². The second kappa shape index (κ2) is 7.37. The molecule has 82 valence electrons. The van der Waals surface area contributed by atoms with Crippen LogP contribution in [-0.2, 0) is 14.3 Å². The van der Waals surface area contributed by atoms with E-state index in [-0.39, 0.29) is 12.7 Å². The molecule has 0 N–H and O–H groups in total. The Morgan fingerprint density at radius 2 is 2.21 bits per heavy atom. The summed E-state index contributed by atoms with van der Waals surface area (Å²) in [4.78, 5) is 10.5. The first-order valence-corrected chi connectivity index (χ1v) is 4.20. The zero-order valence-corrected chi connectivity index (χ0v) is 8.13. The molecule has 1 unspecified atom stereocenters. The van der Waals surface area contributed by atoms with E-state index in [0.29, 0.717) is 6.42 Å². The summed E-state index contributed by atoms with van der Waals surface area (Å²) >= 11 is 0. The number of carbonyl (C=O) groups excluding carboxylic acids is 1. The minimum Gasteiger partial charge on any atom is -0.459 e. The van der Waals surface area contributed by atoms with Gasteiger partial charge in [0.25, 0.3) is 0 Å². The molecule has 0 saturated heterocycles. The molecule has 0 aromatic heterocycles. The van der Waals surface area contributed by atoms with Gasteiger partial charge in [0.15, 0.2) is 0 Å². The fourth-order valence-electron chi connectivity index (χ4n) is 0.866. The van der Waals surface area contributed by atoms with Crippen molar-refractivity contribution in [1.29, 1.82) is 0 Å². The Labute approximate surface area is 80.8 Å². The van der Waals surface area contributed by atoms with Crippen LogP contribution in [0.4, 0.5) is 8.87 Å². The number of carbonyl (C=O) groups is 1. The van der Waals surface area contributed by atoms with Crippen LogP contribution < -0.4 is 0 Å². The lowest BCUT2D eigenvalue weighted by molar-refractivity contribution is -0.137. The van der Waals surface area contributed by atoms with E-state index in [4.69, 9.17) is 4.74 Å². The number of esters is 1. The molecule has 0 saturated carbocycles. The van der Waals surface area contributed by atoms with Crippen molar-refractivity contribution in [2.75, 3.05) is 13.7 Å². The second-order valence-electron chi connectivity index (χ2n) is 2.57. The van der Waals surface area contributed by atoms with Crippen molar-refractivity contribution in [2.24, 2.45) is 5.21 Å². The van der Waals surface area contributed by atoms with Gasteiger partial charge in [-0.1, -0.05) is 11.4 Å². The molecule has 4 nitrogen and oxygen atoms in total. The van der Waals surface area contributed by atoms with Gasteiger partial charge in [0, 0.05) is 13.5 Å². The maximum atomic E-state index is 12.1. The fourth-order valence-corrected chi connectivity index (χ4v) is 0.866. The monoisotopic (exact) mass is 209 g/mol. The first kappa shape index (κ1) is 13.0. The molecule has 0 fully saturated rings. The van der Waals surface area contributed by atoms with E-state index < -0.39 is 11.9 Å². The maximum absolute atomic E-state index is 12.1. The van der Waals surface area contributed by atoms with E-state index in [0.717, 1.165) is 6.42 Å². The highest BCUT2D eigenvalue weighted by molar-refractivity contribution is 6.31. The predicted octanol–water partition coefficient (Wildman–Crippen LogP) is 1.60. The number of ether oxygens (including phenoxy) is 2. The third kappa shape index (κ3) is 4.86. The molecule has 0 aliphatic rings. The van der Waals surface area contributed by atoms with Gasteiger partial charge >= 0.3 is 11.9 Å². The van der Waals surface area contributed by atoms with Crippen LogP contribution in [0, 0.1) is 0 Å². The van der Waals surface area contributed by atoms with Crippen molar-refractivity contribution < 1.29 is 23.1 Å². The molecule has 0 aliphatic carbocycles. The summed E-state index contributed by atoms with van der Waals surface area (Å²) in [5.41, 5.74) is 0. The van der Waals surface area contributed by atoms with Gasteiger partial charge in [0.2, 0.25) is 0 Å². The van der Waals surface area contributed by atoms with Gasteiger partial charge in [-0.05, 0) is 11.6 Å². The van der Waals surface area contributed by atoms with Crippen molar-refractivity contribution in [3.05, 3.63) is 0 Å². The Morgan fingerprint density at radius 3 is 2.64 bits per heavy atom. The van der Waals surface area contributed by atoms with Crippen LogP contribution in [0.2, 0.25) is 0 Å². The van der Waals surface area contributed by atoms with E-state index in [9.17, 15) is 13.7 Å². The highest BCUT2D eigenvalue weighted by atomic mass is 19.2. The van der Waals surface area contributed by atoms with Crippen molar-refractivity contribution >= 4 is 11.9 Å². The number of hydrogen-bond donors (Lipinski definition) is 0. The molecule has 0 aromatic rings. The number of nitrogens with zero attached hydrogens (tertiary/aromatic N) is 1. The molecular formula is C8H13F2NO3. The highest BCUT2D eigenvalue weighted by Crippen LogP contribution is 2.02. The summed E-state index contributed by atoms with van der Waals surface area (Å²) in [5, 5.41) is 1.57. The smallest absolute Gasteiger partial charge is 0.389 e. The van der Waals surface area contributed by atoms with Crippen molar-refractivity contribution in [3.63, 3.8) is 0 Å². The van der Waals surface area contributed by atoms with Crippen molar-refractivity contribution in [2.45, 2.75) is 25.9 Å². The fraction of sp³-hybridized carbons (Fsp3) is 0.750. The normalized spacial score (nSPS) is 13.9. The third-order valence-electron chi connectivity index (χ3n) is 1.70. The summed E-state index contributed by atoms with van der Waals surface area (Å²) in [5.74, 6) is -3.16. The van der Waals surface area contributed by atoms with Gasteiger partial charge in [0.1, 0.15) is 0 Å².